The molecule has 7 aromatic rings. The molecule has 2 atom stereocenters. The van der Waals surface area contributed by atoms with Crippen molar-refractivity contribution in [2.45, 2.75) is 66.0 Å². The smallest absolute Gasteiger partial charge is 0.410 e. The first kappa shape index (κ1) is 40.7. The normalized spacial score (nSPS) is 18.3. The van der Waals surface area contributed by atoms with Crippen LogP contribution in [-0.2, 0) is 32.0 Å². The number of carbonyl (C=O) groups is 3. The summed E-state index contributed by atoms with van der Waals surface area (Å²) in [6.45, 7) is 10.6. The molecule has 326 valence electrons. The van der Waals surface area contributed by atoms with Gasteiger partial charge in [-0.2, -0.15) is 10.2 Å². The number of carbonyl (C=O) groups excluding carboxylic acids is 2. The van der Waals surface area contributed by atoms with Crippen LogP contribution in [0.15, 0.2) is 73.1 Å². The summed E-state index contributed by atoms with van der Waals surface area (Å²) in [7, 11) is 1.87. The molecule has 3 aliphatic rings. The number of urea groups is 1. The number of amidine groups is 1. The summed E-state index contributed by atoms with van der Waals surface area (Å²) in [4.78, 5) is 51.6. The van der Waals surface area contributed by atoms with E-state index in [4.69, 9.17) is 10.5 Å². The summed E-state index contributed by atoms with van der Waals surface area (Å²) in [5.74, 6) is -0.449. The third kappa shape index (κ3) is 6.25. The predicted octanol–water partition coefficient (Wildman–Crippen LogP) is 8.03. The zero-order valence-electron chi connectivity index (χ0n) is 36.5. The van der Waals surface area contributed by atoms with Gasteiger partial charge in [0.05, 0.1) is 29.6 Å². The molecule has 0 spiro atoms. The summed E-state index contributed by atoms with van der Waals surface area (Å²) < 4.78 is 20.4. The molecule has 15 nitrogen and oxygen atoms in total. The number of aromatic nitrogens is 6. The first-order valence-corrected chi connectivity index (χ1v) is 21.6. The standard InChI is InChI=1S/C48H48FN11O4/c1-7-37-29(5)35(12-14-51-37)30-8-10-40-31(20-30)22-41(59(40)48(23-28(48)4)45(50)53-46(62)63)44(61)56-15-13-38-36(25-56)43(60(54-38)34-18-26(2)42(49)27(3)19-34)58-17-16-57(47(58)64)33-9-11-39-32(21-33)24-52-55(39)6/h8-12,14,18-22,24,28H,7,13,15-17,23,25H2,1-6H3,(H2,50,53)(H,62,63)/t28-,48-/m0/s1. The number of hydrogen-bond acceptors (Lipinski definition) is 7. The molecule has 64 heavy (non-hydrogen) atoms. The van der Waals surface area contributed by atoms with Gasteiger partial charge in [-0.15, -0.1) is 0 Å². The van der Waals surface area contributed by atoms with Gasteiger partial charge in [-0.05, 0) is 122 Å². The van der Waals surface area contributed by atoms with Crippen molar-refractivity contribution < 1.29 is 23.9 Å². The topological polar surface area (TPSA) is 170 Å². The van der Waals surface area contributed by atoms with E-state index in [2.05, 4.69) is 29.2 Å². The summed E-state index contributed by atoms with van der Waals surface area (Å²) in [6, 6.07) is 18.8. The van der Waals surface area contributed by atoms with Gasteiger partial charge in [0.15, 0.2) is 0 Å². The van der Waals surface area contributed by atoms with Gasteiger partial charge in [-0.1, -0.05) is 19.9 Å². The fraction of sp³-hybridized carbons (Fsp3) is 0.312. The first-order valence-electron chi connectivity index (χ1n) is 21.6. The Labute approximate surface area is 368 Å². The number of anilines is 2. The number of hydrogen-bond donors (Lipinski definition) is 3. The zero-order chi connectivity index (χ0) is 44.9. The van der Waals surface area contributed by atoms with E-state index in [1.165, 1.54) is 0 Å². The van der Waals surface area contributed by atoms with Crippen LogP contribution in [0.2, 0.25) is 0 Å². The lowest BCUT2D eigenvalue weighted by molar-refractivity contribution is 0.0722. The molecule has 0 bridgehead atoms. The summed E-state index contributed by atoms with van der Waals surface area (Å²) in [5.41, 5.74) is 8.55. The lowest BCUT2D eigenvalue weighted by Crippen LogP contribution is -2.44. The maximum absolute atomic E-state index is 15.3. The highest BCUT2D eigenvalue weighted by atomic mass is 19.1. The van der Waals surface area contributed by atoms with E-state index < -0.39 is 11.6 Å². The zero-order valence-corrected chi connectivity index (χ0v) is 36.5. The molecular formula is C48H48FN11O4. The molecule has 0 radical (unpaired) electrons. The van der Waals surface area contributed by atoms with Crippen LogP contribution in [0.5, 0.6) is 0 Å². The highest BCUT2D eigenvalue weighted by Crippen LogP contribution is 2.53. The van der Waals surface area contributed by atoms with Crippen LogP contribution in [0.1, 0.15) is 64.4 Å². The maximum Gasteiger partial charge on any atom is 0.410 e. The third-order valence-electron chi connectivity index (χ3n) is 13.6. The summed E-state index contributed by atoms with van der Waals surface area (Å²) in [6.07, 6.45) is 3.85. The van der Waals surface area contributed by atoms with Gasteiger partial charge >= 0.3 is 12.1 Å². The number of rotatable bonds is 8. The molecular weight excluding hydrogens is 814 g/mol. The van der Waals surface area contributed by atoms with Gasteiger partial charge in [0, 0.05) is 72.5 Å². The fourth-order valence-electron chi connectivity index (χ4n) is 10.1. The Hall–Kier alpha value is -7.36. The Bertz CT molecular complexity index is 3120. The Morgan fingerprint density at radius 3 is 2.41 bits per heavy atom. The average Bonchev–Trinajstić information content (AvgIpc) is 3.69. The molecule has 3 aromatic carbocycles. The lowest BCUT2D eigenvalue weighted by Gasteiger charge is -2.30. The molecule has 2 aliphatic heterocycles. The molecule has 3 N–H and O–H groups in total. The van der Waals surface area contributed by atoms with Crippen molar-refractivity contribution in [3.05, 3.63) is 118 Å². The monoisotopic (exact) mass is 861 g/mol. The number of fused-ring (bicyclic) bond motifs is 3. The Morgan fingerprint density at radius 2 is 1.69 bits per heavy atom. The van der Waals surface area contributed by atoms with Gasteiger partial charge in [0.2, 0.25) is 0 Å². The van der Waals surface area contributed by atoms with Gasteiger partial charge < -0.3 is 14.6 Å². The van der Waals surface area contributed by atoms with E-state index in [1.807, 2.05) is 67.1 Å². The van der Waals surface area contributed by atoms with E-state index >= 15 is 9.18 Å². The van der Waals surface area contributed by atoms with Crippen LogP contribution in [0.4, 0.5) is 25.5 Å². The minimum atomic E-state index is -1.35. The number of nitrogens with one attached hydrogen (secondary N) is 2. The predicted molar refractivity (Wildman–Crippen MR) is 242 cm³/mol. The minimum Gasteiger partial charge on any atom is -0.465 e. The highest BCUT2D eigenvalue weighted by molar-refractivity contribution is 6.08. The van der Waals surface area contributed by atoms with Gasteiger partial charge in [0.1, 0.15) is 28.7 Å². The van der Waals surface area contributed by atoms with Crippen LogP contribution in [0, 0.1) is 37.9 Å². The number of carboxylic acid groups (broad SMARTS) is 1. The van der Waals surface area contributed by atoms with Crippen LogP contribution < -0.4 is 15.1 Å². The number of halogens is 1. The van der Waals surface area contributed by atoms with E-state index in [0.29, 0.717) is 71.9 Å². The molecule has 2 fully saturated rings. The second-order valence-electron chi connectivity index (χ2n) is 17.4. The first-order chi connectivity index (χ1) is 30.7. The Balaban J connectivity index is 1.07. The number of benzene rings is 3. The molecule has 16 heteroatoms. The van der Waals surface area contributed by atoms with Crippen molar-refractivity contribution in [3.8, 4) is 16.8 Å². The highest BCUT2D eigenvalue weighted by Gasteiger charge is 2.59. The Morgan fingerprint density at radius 1 is 0.953 bits per heavy atom. The average molecular weight is 862 g/mol. The van der Waals surface area contributed by atoms with Crippen molar-refractivity contribution in [1.82, 2.24) is 39.3 Å². The quantitative estimate of drug-likeness (QED) is 0.103. The van der Waals surface area contributed by atoms with E-state index in [9.17, 15) is 14.7 Å². The van der Waals surface area contributed by atoms with Crippen LogP contribution in [0.3, 0.4) is 0 Å². The number of pyridine rings is 1. The van der Waals surface area contributed by atoms with Crippen LogP contribution in [-0.4, -0.2) is 82.6 Å². The molecule has 10 rings (SSSR count). The maximum atomic E-state index is 15.3. The largest absolute Gasteiger partial charge is 0.465 e. The number of amides is 4. The van der Waals surface area contributed by atoms with Gasteiger partial charge in [0.25, 0.3) is 5.91 Å². The third-order valence-corrected chi connectivity index (χ3v) is 13.6. The van der Waals surface area contributed by atoms with E-state index in [0.717, 1.165) is 56.5 Å². The SMILES string of the molecule is CCc1nccc(-c2ccc3c(c2)cc(C(=O)N2CCc4nn(-c5cc(C)c(F)c(C)c5)c(N5CCN(c6ccc7c(cnn7C)c6)C5=O)c4C2)n3[C@@]2(C(=N)NC(=O)O)C[C@@H]2C)c1C. The minimum absolute atomic E-state index is 0.115. The van der Waals surface area contributed by atoms with Crippen LogP contribution in [0.25, 0.3) is 38.6 Å². The van der Waals surface area contributed by atoms with Crippen molar-refractivity contribution >= 4 is 57.2 Å². The van der Waals surface area contributed by atoms with E-state index in [-0.39, 0.29) is 36.1 Å². The lowest BCUT2D eigenvalue weighted by atomic mass is 9.98. The van der Waals surface area contributed by atoms with Crippen molar-refractivity contribution in [3.63, 3.8) is 0 Å². The molecule has 1 saturated heterocycles. The molecule has 4 amide bonds. The molecule has 1 aliphatic carbocycles. The van der Waals surface area contributed by atoms with Gasteiger partial charge in [-0.3, -0.25) is 35.0 Å². The Kier molecular flexibility index (Phi) is 9.47. The van der Waals surface area contributed by atoms with Crippen LogP contribution >= 0.6 is 0 Å². The van der Waals surface area contributed by atoms with Crippen molar-refractivity contribution in [1.29, 1.82) is 5.41 Å². The second kappa shape index (κ2) is 14.9. The van der Waals surface area contributed by atoms with Gasteiger partial charge in [-0.25, -0.2) is 18.7 Å². The molecule has 4 aromatic heterocycles. The second-order valence-corrected chi connectivity index (χ2v) is 17.4. The molecule has 6 heterocycles. The number of nitrogens with zero attached hydrogens (tertiary/aromatic N) is 9. The van der Waals surface area contributed by atoms with Crippen molar-refractivity contribution in [2.24, 2.45) is 13.0 Å². The van der Waals surface area contributed by atoms with Crippen molar-refractivity contribution in [2.75, 3.05) is 29.4 Å². The molecule has 0 unspecified atom stereocenters. The number of aryl methyl sites for hydroxylation is 4. The fourth-order valence-corrected chi connectivity index (χ4v) is 10.1. The summed E-state index contributed by atoms with van der Waals surface area (Å²) >= 11 is 0. The van der Waals surface area contributed by atoms with E-state index in [1.54, 1.807) is 62.4 Å². The summed E-state index contributed by atoms with van der Waals surface area (Å²) in [5, 5.41) is 32.3. The molecule has 1 saturated carbocycles.